The third-order valence-corrected chi connectivity index (χ3v) is 2.56. The second-order valence-electron chi connectivity index (χ2n) is 4.06. The third kappa shape index (κ3) is 8.52. The van der Waals surface area contributed by atoms with Gasteiger partial charge in [0, 0.05) is 12.1 Å². The lowest BCUT2D eigenvalue weighted by Gasteiger charge is -2.16. The van der Waals surface area contributed by atoms with Crippen LogP contribution in [0.5, 0.6) is 0 Å². The Balaban J connectivity index is 3.21. The Morgan fingerprint density at radius 3 is 2.43 bits per heavy atom. The Morgan fingerprint density at radius 2 is 1.86 bits per heavy atom. The summed E-state index contributed by atoms with van der Waals surface area (Å²) in [5.41, 5.74) is 0. The van der Waals surface area contributed by atoms with Crippen LogP contribution in [0.3, 0.4) is 0 Å². The highest BCUT2D eigenvalue weighted by Crippen LogP contribution is 1.93. The van der Waals surface area contributed by atoms with Crippen molar-refractivity contribution in [3.63, 3.8) is 0 Å². The summed E-state index contributed by atoms with van der Waals surface area (Å²) in [7, 11) is 0. The van der Waals surface area contributed by atoms with Crippen LogP contribution in [0.1, 0.15) is 46.5 Å². The molecule has 0 aliphatic carbocycles. The highest BCUT2D eigenvalue weighted by atomic mass is 14.9. The summed E-state index contributed by atoms with van der Waals surface area (Å²) in [6.07, 6.45) is 4.83. The van der Waals surface area contributed by atoms with Crippen molar-refractivity contribution in [2.45, 2.75) is 58.5 Å². The van der Waals surface area contributed by atoms with Crippen LogP contribution < -0.4 is 10.6 Å². The molecule has 0 aromatic carbocycles. The zero-order valence-corrected chi connectivity index (χ0v) is 10.1. The number of hydrogen-bond donors (Lipinski definition) is 2. The monoisotopic (exact) mass is 199 g/mol. The van der Waals surface area contributed by atoms with Crippen molar-refractivity contribution in [1.29, 1.82) is 0 Å². The lowest BCUT2D eigenvalue weighted by molar-refractivity contribution is 0.476. The van der Waals surface area contributed by atoms with Gasteiger partial charge >= 0.3 is 0 Å². The predicted octanol–water partition coefficient (Wildman–Crippen LogP) is 2.36. The minimum atomic E-state index is 0.401. The molecule has 85 valence electrons. The van der Waals surface area contributed by atoms with Crippen molar-refractivity contribution >= 4 is 0 Å². The molecule has 0 heterocycles. The fraction of sp³-hybridized carbons (Fsp3) is 0.917. The Bertz CT molecular complexity index is 115. The van der Waals surface area contributed by atoms with Crippen LogP contribution in [0, 0.1) is 6.92 Å². The molecule has 2 N–H and O–H groups in total. The van der Waals surface area contributed by atoms with Crippen molar-refractivity contribution in [2.75, 3.05) is 13.1 Å². The molecule has 0 aromatic heterocycles. The summed E-state index contributed by atoms with van der Waals surface area (Å²) in [4.78, 5) is 0. The molecule has 0 aromatic rings. The smallest absolute Gasteiger partial charge is 0.00797 e. The molecule has 0 spiro atoms. The standard InChI is InChI=1S/C12H27N2/c1-5-7-9-13-12(4)8-10-14-11(3)6-2/h11-14H,4-10H2,1-3H3. The van der Waals surface area contributed by atoms with Gasteiger partial charge in [-0.3, -0.25) is 0 Å². The van der Waals surface area contributed by atoms with E-state index < -0.39 is 0 Å². The molecule has 0 amide bonds. The Morgan fingerprint density at radius 1 is 1.14 bits per heavy atom. The second-order valence-corrected chi connectivity index (χ2v) is 4.06. The summed E-state index contributed by atoms with van der Waals surface area (Å²) in [6, 6.07) is 1.04. The van der Waals surface area contributed by atoms with Crippen LogP contribution in [-0.2, 0) is 0 Å². The predicted molar refractivity (Wildman–Crippen MR) is 64.4 cm³/mol. The molecule has 1 radical (unpaired) electrons. The highest BCUT2D eigenvalue weighted by molar-refractivity contribution is 4.70. The van der Waals surface area contributed by atoms with Gasteiger partial charge in [0.1, 0.15) is 0 Å². The normalized spacial score (nSPS) is 15.4. The zero-order chi connectivity index (χ0) is 10.8. The Labute approximate surface area is 89.9 Å². The molecular weight excluding hydrogens is 172 g/mol. The van der Waals surface area contributed by atoms with Crippen LogP contribution in [0.15, 0.2) is 0 Å². The summed E-state index contributed by atoms with van der Waals surface area (Å²) >= 11 is 0. The molecule has 0 aliphatic heterocycles. The van der Waals surface area contributed by atoms with Crippen molar-refractivity contribution in [3.05, 3.63) is 6.92 Å². The minimum absolute atomic E-state index is 0.401. The van der Waals surface area contributed by atoms with Gasteiger partial charge in [0.15, 0.2) is 0 Å². The number of hydrogen-bond acceptors (Lipinski definition) is 2. The van der Waals surface area contributed by atoms with E-state index >= 15 is 0 Å². The topological polar surface area (TPSA) is 24.1 Å². The van der Waals surface area contributed by atoms with Gasteiger partial charge in [0.25, 0.3) is 0 Å². The van der Waals surface area contributed by atoms with E-state index in [1.807, 2.05) is 0 Å². The van der Waals surface area contributed by atoms with Gasteiger partial charge in [0.2, 0.25) is 0 Å². The van der Waals surface area contributed by atoms with Gasteiger partial charge in [-0.05, 0) is 46.2 Å². The zero-order valence-electron chi connectivity index (χ0n) is 10.1. The maximum Gasteiger partial charge on any atom is 0.00797 e. The molecular formula is C12H27N2. The molecule has 0 saturated heterocycles. The third-order valence-electron chi connectivity index (χ3n) is 2.56. The first-order chi connectivity index (χ1) is 6.70. The average molecular weight is 199 g/mol. The molecule has 14 heavy (non-hydrogen) atoms. The van der Waals surface area contributed by atoms with Gasteiger partial charge in [-0.25, -0.2) is 0 Å². The Hall–Kier alpha value is -0.0800. The first-order valence-corrected chi connectivity index (χ1v) is 6.00. The van der Waals surface area contributed by atoms with Crippen molar-refractivity contribution in [2.24, 2.45) is 0 Å². The van der Waals surface area contributed by atoms with Gasteiger partial charge in [-0.2, -0.15) is 0 Å². The van der Waals surface area contributed by atoms with E-state index in [-0.39, 0.29) is 0 Å². The van der Waals surface area contributed by atoms with Gasteiger partial charge in [0.05, 0.1) is 0 Å². The molecule has 0 aliphatic rings. The van der Waals surface area contributed by atoms with Crippen LogP contribution in [0.4, 0.5) is 0 Å². The van der Waals surface area contributed by atoms with Crippen LogP contribution in [-0.4, -0.2) is 25.2 Å². The number of nitrogens with one attached hydrogen (secondary N) is 2. The van der Waals surface area contributed by atoms with E-state index in [9.17, 15) is 0 Å². The maximum atomic E-state index is 4.08. The summed E-state index contributed by atoms with van der Waals surface area (Å²) < 4.78 is 0. The average Bonchev–Trinajstić information content (AvgIpc) is 2.18. The lowest BCUT2D eigenvalue weighted by Crippen LogP contribution is -2.33. The fourth-order valence-electron chi connectivity index (χ4n) is 1.23. The highest BCUT2D eigenvalue weighted by Gasteiger charge is 2.01. The first-order valence-electron chi connectivity index (χ1n) is 6.00. The van der Waals surface area contributed by atoms with Gasteiger partial charge in [-0.1, -0.05) is 20.3 Å². The summed E-state index contributed by atoms with van der Waals surface area (Å²) in [6.45, 7) is 12.9. The van der Waals surface area contributed by atoms with Crippen LogP contribution in [0.25, 0.3) is 0 Å². The molecule has 0 saturated carbocycles. The largest absolute Gasteiger partial charge is 0.314 e. The van der Waals surface area contributed by atoms with Gasteiger partial charge in [-0.15, -0.1) is 0 Å². The van der Waals surface area contributed by atoms with E-state index in [2.05, 4.69) is 38.3 Å². The van der Waals surface area contributed by atoms with Crippen molar-refractivity contribution in [3.8, 4) is 0 Å². The molecule has 2 heteroatoms. The van der Waals surface area contributed by atoms with Crippen LogP contribution >= 0.6 is 0 Å². The van der Waals surface area contributed by atoms with Crippen molar-refractivity contribution in [1.82, 2.24) is 10.6 Å². The van der Waals surface area contributed by atoms with E-state index in [0.29, 0.717) is 12.1 Å². The molecule has 2 unspecified atom stereocenters. The number of rotatable bonds is 9. The van der Waals surface area contributed by atoms with Crippen LogP contribution in [0.2, 0.25) is 0 Å². The second kappa shape index (κ2) is 9.47. The molecule has 2 nitrogen and oxygen atoms in total. The molecule has 0 bridgehead atoms. The molecule has 2 atom stereocenters. The maximum absolute atomic E-state index is 4.08. The van der Waals surface area contributed by atoms with E-state index in [4.69, 9.17) is 0 Å². The lowest BCUT2D eigenvalue weighted by atomic mass is 10.2. The SMILES string of the molecule is [CH2]C(CCNC(C)CC)NCCCC. The van der Waals surface area contributed by atoms with E-state index in [0.717, 1.165) is 19.5 Å². The minimum Gasteiger partial charge on any atom is -0.314 e. The Kier molecular flexibility index (Phi) is 9.42. The van der Waals surface area contributed by atoms with E-state index in [1.54, 1.807) is 0 Å². The fourth-order valence-corrected chi connectivity index (χ4v) is 1.23. The quantitative estimate of drug-likeness (QED) is 0.557. The van der Waals surface area contributed by atoms with E-state index in [1.165, 1.54) is 19.3 Å². The molecule has 0 rings (SSSR count). The molecule has 0 fully saturated rings. The summed E-state index contributed by atoms with van der Waals surface area (Å²) in [5, 5.41) is 6.90. The van der Waals surface area contributed by atoms with Gasteiger partial charge < -0.3 is 10.6 Å². The first kappa shape index (κ1) is 13.9. The number of unbranched alkanes of at least 4 members (excludes halogenated alkanes) is 1. The summed E-state index contributed by atoms with van der Waals surface area (Å²) in [5.74, 6) is 0. The van der Waals surface area contributed by atoms with Crippen molar-refractivity contribution < 1.29 is 0 Å².